The number of aryl methyl sites for hydroxylation is 1. The van der Waals surface area contributed by atoms with Gasteiger partial charge in [0.15, 0.2) is 0 Å². The maximum atomic E-state index is 11.9. The van der Waals surface area contributed by atoms with Gasteiger partial charge in [-0.2, -0.15) is 0 Å². The van der Waals surface area contributed by atoms with E-state index >= 15 is 0 Å². The molecule has 0 radical (unpaired) electrons. The van der Waals surface area contributed by atoms with Crippen LogP contribution in [0.3, 0.4) is 0 Å². The Morgan fingerprint density at radius 2 is 2.06 bits per heavy atom. The van der Waals surface area contributed by atoms with Crippen LogP contribution in [0, 0.1) is 6.92 Å². The number of aromatic nitrogens is 1. The van der Waals surface area contributed by atoms with E-state index in [-0.39, 0.29) is 18.0 Å². The van der Waals surface area contributed by atoms with E-state index in [0.717, 1.165) is 0 Å². The minimum atomic E-state index is -0.341. The Morgan fingerprint density at radius 3 is 2.61 bits per heavy atom. The Balaban J connectivity index is 2.08. The van der Waals surface area contributed by atoms with Crippen molar-refractivity contribution in [1.82, 2.24) is 10.5 Å². The van der Waals surface area contributed by atoms with Gasteiger partial charge in [-0.15, -0.1) is 0 Å². The van der Waals surface area contributed by atoms with Crippen LogP contribution in [0.5, 0.6) is 0 Å². The standard InChI is InChI=1S/C12H10Cl2N2O2/c1-7-5-8(16-18-7)6-15-12(17)11-9(13)3-2-4-10(11)14/h2-5H,6H2,1H3,(H,15,17). The Hall–Kier alpha value is -1.52. The SMILES string of the molecule is Cc1cc(CNC(=O)c2c(Cl)cccc2Cl)no1. The van der Waals surface area contributed by atoms with Gasteiger partial charge in [-0.1, -0.05) is 34.4 Å². The summed E-state index contributed by atoms with van der Waals surface area (Å²) in [6.07, 6.45) is 0. The number of nitrogens with zero attached hydrogens (tertiary/aromatic N) is 1. The number of hydrogen-bond acceptors (Lipinski definition) is 3. The minimum Gasteiger partial charge on any atom is -0.361 e. The first kappa shape index (κ1) is 12.9. The minimum absolute atomic E-state index is 0.262. The van der Waals surface area contributed by atoms with Crippen LogP contribution in [0.4, 0.5) is 0 Å². The predicted octanol–water partition coefficient (Wildman–Crippen LogP) is 3.22. The van der Waals surface area contributed by atoms with Crippen molar-refractivity contribution in [3.05, 3.63) is 51.3 Å². The first-order valence-corrected chi connectivity index (χ1v) is 5.98. The van der Waals surface area contributed by atoms with Gasteiger partial charge in [0.2, 0.25) is 0 Å². The molecule has 0 saturated carbocycles. The molecule has 1 N–H and O–H groups in total. The fourth-order valence-corrected chi connectivity index (χ4v) is 2.04. The van der Waals surface area contributed by atoms with Crippen molar-refractivity contribution in [3.8, 4) is 0 Å². The average molecular weight is 285 g/mol. The lowest BCUT2D eigenvalue weighted by atomic mass is 10.2. The Bertz CT molecular complexity index is 561. The third-order valence-electron chi connectivity index (χ3n) is 2.30. The molecule has 94 valence electrons. The highest BCUT2D eigenvalue weighted by atomic mass is 35.5. The van der Waals surface area contributed by atoms with Gasteiger partial charge < -0.3 is 9.84 Å². The fourth-order valence-electron chi connectivity index (χ4n) is 1.48. The van der Waals surface area contributed by atoms with E-state index in [1.54, 1.807) is 31.2 Å². The number of carbonyl (C=O) groups is 1. The van der Waals surface area contributed by atoms with Gasteiger partial charge in [0.1, 0.15) is 11.5 Å². The third-order valence-corrected chi connectivity index (χ3v) is 2.93. The van der Waals surface area contributed by atoms with Crippen molar-refractivity contribution in [1.29, 1.82) is 0 Å². The Labute approximate surface area is 114 Å². The predicted molar refractivity (Wildman–Crippen MR) is 68.9 cm³/mol. The number of benzene rings is 1. The molecular formula is C12H10Cl2N2O2. The highest BCUT2D eigenvalue weighted by Gasteiger charge is 2.14. The maximum absolute atomic E-state index is 11.9. The van der Waals surface area contributed by atoms with E-state index in [2.05, 4.69) is 10.5 Å². The molecular weight excluding hydrogens is 275 g/mol. The molecule has 0 aliphatic rings. The second-order valence-electron chi connectivity index (χ2n) is 3.71. The fraction of sp³-hybridized carbons (Fsp3) is 0.167. The number of halogens is 2. The van der Waals surface area contributed by atoms with Gasteiger partial charge in [0.25, 0.3) is 5.91 Å². The van der Waals surface area contributed by atoms with Crippen LogP contribution in [0.15, 0.2) is 28.8 Å². The van der Waals surface area contributed by atoms with Gasteiger partial charge in [-0.05, 0) is 19.1 Å². The lowest BCUT2D eigenvalue weighted by Gasteiger charge is -2.06. The van der Waals surface area contributed by atoms with Crippen LogP contribution in [0.1, 0.15) is 21.8 Å². The second-order valence-corrected chi connectivity index (χ2v) is 4.52. The first-order valence-electron chi connectivity index (χ1n) is 5.22. The van der Waals surface area contributed by atoms with Crippen molar-refractivity contribution in [3.63, 3.8) is 0 Å². The molecule has 1 heterocycles. The molecule has 18 heavy (non-hydrogen) atoms. The summed E-state index contributed by atoms with van der Waals surface area (Å²) in [6, 6.07) is 6.65. The number of carbonyl (C=O) groups excluding carboxylic acids is 1. The summed E-state index contributed by atoms with van der Waals surface area (Å²) in [6.45, 7) is 2.04. The molecule has 0 atom stereocenters. The van der Waals surface area contributed by atoms with E-state index < -0.39 is 0 Å². The van der Waals surface area contributed by atoms with Crippen molar-refractivity contribution in [2.75, 3.05) is 0 Å². The average Bonchev–Trinajstić information content (AvgIpc) is 2.72. The van der Waals surface area contributed by atoms with E-state index in [1.165, 1.54) is 0 Å². The van der Waals surface area contributed by atoms with Crippen LogP contribution in [0.25, 0.3) is 0 Å². The van der Waals surface area contributed by atoms with Crippen molar-refractivity contribution in [2.24, 2.45) is 0 Å². The van der Waals surface area contributed by atoms with E-state index in [4.69, 9.17) is 27.7 Å². The Kier molecular flexibility index (Phi) is 3.89. The number of amides is 1. The van der Waals surface area contributed by atoms with Crippen molar-refractivity contribution in [2.45, 2.75) is 13.5 Å². The molecule has 2 rings (SSSR count). The van der Waals surface area contributed by atoms with Gasteiger partial charge in [0.05, 0.1) is 22.2 Å². The zero-order valence-corrected chi connectivity index (χ0v) is 11.0. The molecule has 0 bridgehead atoms. The molecule has 0 unspecified atom stereocenters. The van der Waals surface area contributed by atoms with Gasteiger partial charge >= 0.3 is 0 Å². The molecule has 1 amide bonds. The molecule has 0 saturated heterocycles. The lowest BCUT2D eigenvalue weighted by molar-refractivity contribution is 0.0950. The molecule has 0 spiro atoms. The van der Waals surface area contributed by atoms with Gasteiger partial charge in [-0.25, -0.2) is 0 Å². The van der Waals surface area contributed by atoms with Crippen LogP contribution in [-0.4, -0.2) is 11.1 Å². The number of nitrogens with one attached hydrogen (secondary N) is 1. The zero-order valence-electron chi connectivity index (χ0n) is 9.54. The Morgan fingerprint density at radius 1 is 1.39 bits per heavy atom. The summed E-state index contributed by atoms with van der Waals surface area (Å²) in [5, 5.41) is 7.08. The topological polar surface area (TPSA) is 55.1 Å². The van der Waals surface area contributed by atoms with Crippen molar-refractivity contribution < 1.29 is 9.32 Å². The van der Waals surface area contributed by atoms with Gasteiger partial charge in [-0.3, -0.25) is 4.79 Å². The van der Waals surface area contributed by atoms with E-state index in [9.17, 15) is 4.79 Å². The van der Waals surface area contributed by atoms with E-state index in [1.807, 2.05) is 0 Å². The van der Waals surface area contributed by atoms with Crippen LogP contribution < -0.4 is 5.32 Å². The highest BCUT2D eigenvalue weighted by Crippen LogP contribution is 2.23. The maximum Gasteiger partial charge on any atom is 0.254 e. The first-order chi connectivity index (χ1) is 8.58. The summed E-state index contributed by atoms with van der Waals surface area (Å²) >= 11 is 11.9. The van der Waals surface area contributed by atoms with E-state index in [0.29, 0.717) is 21.5 Å². The lowest BCUT2D eigenvalue weighted by Crippen LogP contribution is -2.23. The summed E-state index contributed by atoms with van der Waals surface area (Å²) in [5.41, 5.74) is 0.907. The normalized spacial score (nSPS) is 10.4. The number of hydrogen-bond donors (Lipinski definition) is 1. The molecule has 0 aliphatic carbocycles. The quantitative estimate of drug-likeness (QED) is 0.942. The highest BCUT2D eigenvalue weighted by molar-refractivity contribution is 6.39. The molecule has 1 aromatic heterocycles. The van der Waals surface area contributed by atoms with Gasteiger partial charge in [0, 0.05) is 6.07 Å². The molecule has 1 aromatic carbocycles. The molecule has 2 aromatic rings. The van der Waals surface area contributed by atoms with Crippen molar-refractivity contribution >= 4 is 29.1 Å². The van der Waals surface area contributed by atoms with Crippen LogP contribution >= 0.6 is 23.2 Å². The number of rotatable bonds is 3. The molecule has 0 fully saturated rings. The molecule has 0 aliphatic heterocycles. The molecule has 4 nitrogen and oxygen atoms in total. The molecule has 6 heteroatoms. The zero-order chi connectivity index (χ0) is 13.1. The summed E-state index contributed by atoms with van der Waals surface area (Å²) in [4.78, 5) is 11.9. The third kappa shape index (κ3) is 2.83. The van der Waals surface area contributed by atoms with Crippen LogP contribution in [-0.2, 0) is 6.54 Å². The van der Waals surface area contributed by atoms with Crippen LogP contribution in [0.2, 0.25) is 10.0 Å². The smallest absolute Gasteiger partial charge is 0.254 e. The summed E-state index contributed by atoms with van der Waals surface area (Å²) < 4.78 is 4.90. The monoisotopic (exact) mass is 284 g/mol. The summed E-state index contributed by atoms with van der Waals surface area (Å²) in [7, 11) is 0. The summed E-state index contributed by atoms with van der Waals surface area (Å²) in [5.74, 6) is 0.348. The second kappa shape index (κ2) is 5.42. The largest absolute Gasteiger partial charge is 0.361 e.